The highest BCUT2D eigenvalue weighted by molar-refractivity contribution is 5.99. The second-order valence-electron chi connectivity index (χ2n) is 5.59. The summed E-state index contributed by atoms with van der Waals surface area (Å²) in [6, 6.07) is 6.72. The summed E-state index contributed by atoms with van der Waals surface area (Å²) in [5.74, 6) is 0.000143. The lowest BCUT2D eigenvalue weighted by molar-refractivity contribution is -0.829. The molecule has 0 aliphatic rings. The van der Waals surface area contributed by atoms with Crippen LogP contribution < -0.4 is 0 Å². The number of benzene rings is 1. The molecule has 0 saturated heterocycles. The fourth-order valence-electron chi connectivity index (χ4n) is 2.09. The van der Waals surface area contributed by atoms with Crippen molar-refractivity contribution in [2.75, 3.05) is 20.8 Å². The van der Waals surface area contributed by atoms with Gasteiger partial charge in [-0.1, -0.05) is 26.0 Å². The Morgan fingerprint density at radius 2 is 1.50 bits per heavy atom. The van der Waals surface area contributed by atoms with Gasteiger partial charge in [0.05, 0.1) is 19.7 Å². The van der Waals surface area contributed by atoms with E-state index in [1.165, 1.54) is 0 Å². The molecule has 0 fully saturated rings. The highest BCUT2D eigenvalue weighted by Crippen LogP contribution is 2.17. The van der Waals surface area contributed by atoms with Crippen molar-refractivity contribution >= 4 is 11.7 Å². The number of quaternary nitrogens is 1. The minimum absolute atomic E-state index is 0.0428. The zero-order chi connectivity index (χ0) is 15.3. The number of carbonyl (C=O) groups is 2. The van der Waals surface area contributed by atoms with E-state index in [2.05, 4.69) is 0 Å². The maximum Gasteiger partial charge on any atom is 0.347 e. The first-order chi connectivity index (χ1) is 9.37. The molecule has 4 heteroatoms. The van der Waals surface area contributed by atoms with E-state index in [1.807, 2.05) is 13.8 Å². The van der Waals surface area contributed by atoms with Crippen LogP contribution in [0, 0.1) is 5.92 Å². The maximum atomic E-state index is 12.2. The van der Waals surface area contributed by atoms with E-state index in [9.17, 15) is 14.7 Å². The van der Waals surface area contributed by atoms with Crippen molar-refractivity contribution in [2.24, 2.45) is 5.92 Å². The van der Waals surface area contributed by atoms with Crippen LogP contribution in [0.15, 0.2) is 24.3 Å². The van der Waals surface area contributed by atoms with E-state index in [0.29, 0.717) is 11.1 Å². The van der Waals surface area contributed by atoms with Crippen LogP contribution in [0.1, 0.15) is 47.4 Å². The third-order valence-electron chi connectivity index (χ3n) is 3.68. The average Bonchev–Trinajstić information content (AvgIpc) is 2.47. The van der Waals surface area contributed by atoms with E-state index in [1.54, 1.807) is 38.4 Å². The van der Waals surface area contributed by atoms with E-state index >= 15 is 0 Å². The van der Waals surface area contributed by atoms with Gasteiger partial charge < -0.3 is 5.11 Å². The lowest BCUT2D eigenvalue weighted by Gasteiger charge is -2.23. The Bertz CT molecular complexity index is 473. The summed E-state index contributed by atoms with van der Waals surface area (Å²) in [4.78, 5) is 24.4. The second kappa shape index (κ2) is 6.77. The van der Waals surface area contributed by atoms with Gasteiger partial charge in [-0.2, -0.15) is 0 Å². The molecule has 0 radical (unpaired) electrons. The maximum absolute atomic E-state index is 12.2. The van der Waals surface area contributed by atoms with Crippen molar-refractivity contribution in [2.45, 2.75) is 26.7 Å². The van der Waals surface area contributed by atoms with Gasteiger partial charge in [0.2, 0.25) is 0 Å². The number of nitrogens with zero attached hydrogens (tertiary/aromatic N) is 1. The van der Waals surface area contributed by atoms with Gasteiger partial charge >= 0.3 is 5.91 Å². The Kier molecular flexibility index (Phi) is 5.60. The van der Waals surface area contributed by atoms with E-state index in [4.69, 9.17) is 0 Å². The molecule has 0 spiro atoms. The van der Waals surface area contributed by atoms with Gasteiger partial charge in [0.15, 0.2) is 12.5 Å². The van der Waals surface area contributed by atoms with Crippen LogP contribution in [-0.2, 0) is 0 Å². The summed E-state index contributed by atoms with van der Waals surface area (Å²) >= 11 is 0. The van der Waals surface area contributed by atoms with Crippen molar-refractivity contribution in [3.8, 4) is 0 Å². The van der Waals surface area contributed by atoms with E-state index in [0.717, 1.165) is 12.8 Å². The predicted molar refractivity (Wildman–Crippen MR) is 78.4 cm³/mol. The molecule has 0 aliphatic carbocycles. The molecule has 0 aromatic heterocycles. The first kappa shape index (κ1) is 16.5. The quantitative estimate of drug-likeness (QED) is 0.494. The molecule has 1 aromatic rings. The molecule has 0 atom stereocenters. The molecular formula is C16H24NO3+. The molecule has 1 N–H and O–H groups in total. The SMILES string of the molecule is CCC(CC)C(=O)c1ccc(C(=O)[N+](C)(C)CO)cc1. The average molecular weight is 278 g/mol. The second-order valence-corrected chi connectivity index (χ2v) is 5.59. The number of hydrogen-bond donors (Lipinski definition) is 1. The third kappa shape index (κ3) is 3.52. The fourth-order valence-corrected chi connectivity index (χ4v) is 2.09. The van der Waals surface area contributed by atoms with Crippen molar-refractivity contribution in [3.63, 3.8) is 0 Å². The molecule has 1 rings (SSSR count). The number of Topliss-reactive ketones (excluding diaryl/α,β-unsaturated/α-hetero) is 1. The monoisotopic (exact) mass is 278 g/mol. The van der Waals surface area contributed by atoms with Gasteiger partial charge in [-0.25, -0.2) is 9.28 Å². The molecule has 20 heavy (non-hydrogen) atoms. The minimum Gasteiger partial charge on any atom is -0.347 e. The molecule has 0 saturated carbocycles. The Hall–Kier alpha value is -1.52. The van der Waals surface area contributed by atoms with Crippen molar-refractivity contribution in [1.29, 1.82) is 0 Å². The van der Waals surface area contributed by atoms with Gasteiger partial charge in [0.25, 0.3) is 0 Å². The summed E-state index contributed by atoms with van der Waals surface area (Å²) in [6.45, 7) is 3.75. The molecule has 4 nitrogen and oxygen atoms in total. The van der Waals surface area contributed by atoms with Crippen LogP contribution in [0.5, 0.6) is 0 Å². The summed E-state index contributed by atoms with van der Waals surface area (Å²) < 4.78 is -0.125. The smallest absolute Gasteiger partial charge is 0.347 e. The third-order valence-corrected chi connectivity index (χ3v) is 3.68. The zero-order valence-corrected chi connectivity index (χ0v) is 12.7. The van der Waals surface area contributed by atoms with E-state index < -0.39 is 0 Å². The first-order valence-corrected chi connectivity index (χ1v) is 7.00. The first-order valence-electron chi connectivity index (χ1n) is 7.00. The number of rotatable bonds is 6. The number of aliphatic hydroxyl groups excluding tert-OH is 1. The van der Waals surface area contributed by atoms with Crippen molar-refractivity contribution in [3.05, 3.63) is 35.4 Å². The van der Waals surface area contributed by atoms with Crippen LogP contribution in [-0.4, -0.2) is 42.1 Å². The highest BCUT2D eigenvalue weighted by atomic mass is 16.3. The van der Waals surface area contributed by atoms with Crippen LogP contribution in [0.3, 0.4) is 0 Å². The zero-order valence-electron chi connectivity index (χ0n) is 12.7. The Morgan fingerprint density at radius 1 is 1.05 bits per heavy atom. The topological polar surface area (TPSA) is 54.4 Å². The number of amides is 1. The van der Waals surface area contributed by atoms with Crippen molar-refractivity contribution < 1.29 is 19.2 Å². The lowest BCUT2D eigenvalue weighted by Crippen LogP contribution is -2.46. The number of hydrogen-bond acceptors (Lipinski definition) is 3. The Labute approximate surface area is 120 Å². The van der Waals surface area contributed by atoms with Crippen LogP contribution in [0.2, 0.25) is 0 Å². The number of ketones is 1. The molecule has 110 valence electrons. The number of carbonyl (C=O) groups excluding carboxylic acids is 2. The molecule has 0 unspecified atom stereocenters. The van der Waals surface area contributed by atoms with Crippen LogP contribution in [0.4, 0.5) is 0 Å². The van der Waals surface area contributed by atoms with Crippen molar-refractivity contribution in [1.82, 2.24) is 0 Å². The minimum atomic E-state index is -0.257. The summed E-state index contributed by atoms with van der Waals surface area (Å²) in [5, 5.41) is 9.20. The molecular weight excluding hydrogens is 254 g/mol. The van der Waals surface area contributed by atoms with Gasteiger partial charge in [-0.3, -0.25) is 4.79 Å². The largest absolute Gasteiger partial charge is 0.347 e. The summed E-state index contributed by atoms with van der Waals surface area (Å²) in [5.41, 5.74) is 1.15. The molecule has 1 aromatic carbocycles. The number of aliphatic hydroxyl groups is 1. The summed E-state index contributed by atoms with van der Waals surface area (Å²) in [6.07, 6.45) is 1.65. The van der Waals surface area contributed by atoms with Crippen LogP contribution in [0.25, 0.3) is 0 Å². The van der Waals surface area contributed by atoms with Gasteiger partial charge in [-0.15, -0.1) is 0 Å². The standard InChI is InChI=1S/C16H24NO3/c1-5-12(6-2)15(19)13-7-9-14(10-8-13)16(20)17(3,4)11-18/h7-10,12,18H,5-6,11H2,1-4H3/q+1. The van der Waals surface area contributed by atoms with Gasteiger partial charge in [-0.05, 0) is 25.0 Å². The lowest BCUT2D eigenvalue weighted by atomic mass is 9.92. The predicted octanol–water partition coefficient (Wildman–Crippen LogP) is 2.47. The molecule has 0 aliphatic heterocycles. The molecule has 1 amide bonds. The van der Waals surface area contributed by atoms with Gasteiger partial charge in [0.1, 0.15) is 0 Å². The van der Waals surface area contributed by atoms with Crippen LogP contribution >= 0.6 is 0 Å². The fraction of sp³-hybridized carbons (Fsp3) is 0.500. The Balaban J connectivity index is 2.95. The molecule has 0 bridgehead atoms. The van der Waals surface area contributed by atoms with Gasteiger partial charge in [0, 0.05) is 11.5 Å². The highest BCUT2D eigenvalue weighted by Gasteiger charge is 2.27. The Morgan fingerprint density at radius 3 is 1.90 bits per heavy atom. The van der Waals surface area contributed by atoms with E-state index in [-0.39, 0.29) is 28.8 Å². The molecule has 0 heterocycles. The normalized spacial score (nSPS) is 11.7. The summed E-state index contributed by atoms with van der Waals surface area (Å²) in [7, 11) is 3.29.